The molecule has 3 rings (SSSR count). The fourth-order valence-electron chi connectivity index (χ4n) is 2.68. The SMILES string of the molecule is CC(C)Cn1ccc2cc(NC(=O)c3csc(CCN)n3)ccc21. The summed E-state index contributed by atoms with van der Waals surface area (Å²) >= 11 is 1.47. The van der Waals surface area contributed by atoms with Crippen molar-refractivity contribution in [3.8, 4) is 0 Å². The molecule has 0 saturated carbocycles. The number of fused-ring (bicyclic) bond motifs is 1. The third kappa shape index (κ3) is 3.66. The fraction of sp³-hybridized carbons (Fsp3) is 0.333. The Bertz CT molecular complexity index is 850. The summed E-state index contributed by atoms with van der Waals surface area (Å²) in [5.41, 5.74) is 7.93. The quantitative estimate of drug-likeness (QED) is 0.720. The molecule has 24 heavy (non-hydrogen) atoms. The third-order valence-corrected chi connectivity index (χ3v) is 4.64. The fourth-order valence-corrected chi connectivity index (χ4v) is 3.47. The van der Waals surface area contributed by atoms with Crippen molar-refractivity contribution in [1.29, 1.82) is 0 Å². The number of benzene rings is 1. The zero-order valence-electron chi connectivity index (χ0n) is 14.0. The Morgan fingerprint density at radius 1 is 1.38 bits per heavy atom. The van der Waals surface area contributed by atoms with Crippen LogP contribution in [0.3, 0.4) is 0 Å². The van der Waals surface area contributed by atoms with Crippen LogP contribution in [-0.4, -0.2) is 22.0 Å². The van der Waals surface area contributed by atoms with Crippen molar-refractivity contribution in [2.75, 3.05) is 11.9 Å². The Morgan fingerprint density at radius 2 is 2.21 bits per heavy atom. The first-order valence-corrected chi connectivity index (χ1v) is 8.99. The molecule has 0 radical (unpaired) electrons. The second-order valence-corrected chi connectivity index (χ2v) is 7.20. The van der Waals surface area contributed by atoms with Crippen molar-refractivity contribution >= 4 is 33.8 Å². The highest BCUT2D eigenvalue weighted by molar-refractivity contribution is 7.09. The first-order valence-electron chi connectivity index (χ1n) is 8.11. The highest BCUT2D eigenvalue weighted by atomic mass is 32.1. The number of carbonyl (C=O) groups excluding carboxylic acids is 1. The molecular formula is C18H22N4OS. The van der Waals surface area contributed by atoms with Gasteiger partial charge in [0.1, 0.15) is 5.69 Å². The largest absolute Gasteiger partial charge is 0.347 e. The van der Waals surface area contributed by atoms with E-state index < -0.39 is 0 Å². The van der Waals surface area contributed by atoms with E-state index in [1.165, 1.54) is 16.9 Å². The molecule has 6 heteroatoms. The van der Waals surface area contributed by atoms with Crippen molar-refractivity contribution in [3.05, 3.63) is 46.5 Å². The molecule has 126 valence electrons. The lowest BCUT2D eigenvalue weighted by Gasteiger charge is -2.09. The zero-order chi connectivity index (χ0) is 17.1. The van der Waals surface area contributed by atoms with Crippen LogP contribution in [0.5, 0.6) is 0 Å². The molecule has 2 aromatic heterocycles. The topological polar surface area (TPSA) is 72.9 Å². The van der Waals surface area contributed by atoms with Crippen molar-refractivity contribution in [3.63, 3.8) is 0 Å². The molecule has 3 aromatic rings. The number of nitrogens with one attached hydrogen (secondary N) is 1. The summed E-state index contributed by atoms with van der Waals surface area (Å²) in [5.74, 6) is 0.405. The lowest BCUT2D eigenvalue weighted by molar-refractivity contribution is 0.102. The van der Waals surface area contributed by atoms with E-state index in [-0.39, 0.29) is 5.91 Å². The van der Waals surface area contributed by atoms with Gasteiger partial charge in [-0.2, -0.15) is 0 Å². The molecule has 3 N–H and O–H groups in total. The van der Waals surface area contributed by atoms with Gasteiger partial charge >= 0.3 is 0 Å². The molecule has 0 bridgehead atoms. The van der Waals surface area contributed by atoms with E-state index in [1.807, 2.05) is 18.2 Å². The highest BCUT2D eigenvalue weighted by Crippen LogP contribution is 2.22. The predicted molar refractivity (Wildman–Crippen MR) is 99.6 cm³/mol. The van der Waals surface area contributed by atoms with Crippen molar-refractivity contribution < 1.29 is 4.79 Å². The summed E-state index contributed by atoms with van der Waals surface area (Å²) in [6.45, 7) is 5.93. The Balaban J connectivity index is 1.76. The summed E-state index contributed by atoms with van der Waals surface area (Å²) < 4.78 is 2.24. The number of carbonyl (C=O) groups is 1. The second kappa shape index (κ2) is 7.15. The van der Waals surface area contributed by atoms with E-state index in [0.29, 0.717) is 24.6 Å². The van der Waals surface area contributed by atoms with Crippen LogP contribution in [0, 0.1) is 5.92 Å². The van der Waals surface area contributed by atoms with Gasteiger partial charge in [-0.3, -0.25) is 4.79 Å². The van der Waals surface area contributed by atoms with Gasteiger partial charge in [0.25, 0.3) is 5.91 Å². The van der Waals surface area contributed by atoms with Crippen LogP contribution < -0.4 is 11.1 Å². The minimum atomic E-state index is -0.185. The smallest absolute Gasteiger partial charge is 0.275 e. The monoisotopic (exact) mass is 342 g/mol. The molecule has 0 aliphatic carbocycles. The molecule has 0 aliphatic rings. The first kappa shape index (κ1) is 16.7. The van der Waals surface area contributed by atoms with E-state index in [1.54, 1.807) is 5.38 Å². The Hall–Kier alpha value is -2.18. The maximum Gasteiger partial charge on any atom is 0.275 e. The lowest BCUT2D eigenvalue weighted by atomic mass is 10.2. The van der Waals surface area contributed by atoms with E-state index in [0.717, 1.165) is 22.6 Å². The number of nitrogens with two attached hydrogens (primary N) is 1. The standard InChI is InChI=1S/C18H22N4OS/c1-12(2)10-22-8-6-13-9-14(3-4-16(13)22)20-18(23)15-11-24-17(21-15)5-7-19/h3-4,6,8-9,11-12H,5,7,10,19H2,1-2H3,(H,20,23). The van der Waals surface area contributed by atoms with E-state index in [4.69, 9.17) is 5.73 Å². The Labute approximate surface area is 145 Å². The van der Waals surface area contributed by atoms with Gasteiger partial charge in [-0.1, -0.05) is 13.8 Å². The van der Waals surface area contributed by atoms with E-state index >= 15 is 0 Å². The van der Waals surface area contributed by atoms with Crippen molar-refractivity contribution in [2.45, 2.75) is 26.8 Å². The van der Waals surface area contributed by atoms with Crippen LogP contribution in [0.2, 0.25) is 0 Å². The first-order chi connectivity index (χ1) is 11.6. The molecule has 0 saturated heterocycles. The summed E-state index contributed by atoms with van der Waals surface area (Å²) in [5, 5.41) is 6.71. The summed E-state index contributed by atoms with van der Waals surface area (Å²) in [6.07, 6.45) is 2.79. The summed E-state index contributed by atoms with van der Waals surface area (Å²) in [7, 11) is 0. The van der Waals surface area contributed by atoms with Gasteiger partial charge in [0.05, 0.1) is 5.01 Å². The van der Waals surface area contributed by atoms with Crippen LogP contribution in [0.15, 0.2) is 35.8 Å². The second-order valence-electron chi connectivity index (χ2n) is 6.25. The van der Waals surface area contributed by atoms with E-state index in [2.05, 4.69) is 41.0 Å². The van der Waals surface area contributed by atoms with Gasteiger partial charge in [0.15, 0.2) is 0 Å². The molecule has 1 amide bonds. The molecule has 0 fully saturated rings. The van der Waals surface area contributed by atoms with Gasteiger partial charge in [-0.15, -0.1) is 11.3 Å². The van der Waals surface area contributed by atoms with Crippen LogP contribution in [0.1, 0.15) is 29.3 Å². The molecule has 0 atom stereocenters. The van der Waals surface area contributed by atoms with Gasteiger partial charge in [0.2, 0.25) is 0 Å². The van der Waals surface area contributed by atoms with Crippen LogP contribution in [-0.2, 0) is 13.0 Å². The normalized spacial score (nSPS) is 11.3. The number of nitrogens with zero attached hydrogens (tertiary/aromatic N) is 2. The molecule has 0 aliphatic heterocycles. The zero-order valence-corrected chi connectivity index (χ0v) is 14.8. The van der Waals surface area contributed by atoms with E-state index in [9.17, 15) is 4.79 Å². The predicted octanol–water partition coefficient (Wildman–Crippen LogP) is 3.51. The number of thiazole rings is 1. The van der Waals surface area contributed by atoms with Gasteiger partial charge in [-0.25, -0.2) is 4.98 Å². The van der Waals surface area contributed by atoms with Crippen LogP contribution in [0.25, 0.3) is 10.9 Å². The number of aromatic nitrogens is 2. The maximum absolute atomic E-state index is 12.3. The molecular weight excluding hydrogens is 320 g/mol. The van der Waals surface area contributed by atoms with Crippen LogP contribution >= 0.6 is 11.3 Å². The highest BCUT2D eigenvalue weighted by Gasteiger charge is 2.11. The number of hydrogen-bond donors (Lipinski definition) is 2. The van der Waals surface area contributed by atoms with Gasteiger partial charge in [-0.05, 0) is 36.7 Å². The third-order valence-electron chi connectivity index (χ3n) is 3.73. The van der Waals surface area contributed by atoms with Crippen LogP contribution in [0.4, 0.5) is 5.69 Å². The average Bonchev–Trinajstić information content (AvgIpc) is 3.15. The Kier molecular flexibility index (Phi) is 4.97. The number of amides is 1. The maximum atomic E-state index is 12.3. The molecule has 0 unspecified atom stereocenters. The average molecular weight is 342 g/mol. The molecule has 1 aromatic carbocycles. The molecule has 2 heterocycles. The van der Waals surface area contributed by atoms with Gasteiger partial charge in [0, 0.05) is 41.1 Å². The number of rotatable bonds is 6. The minimum absolute atomic E-state index is 0.185. The summed E-state index contributed by atoms with van der Waals surface area (Å²) in [6, 6.07) is 8.06. The van der Waals surface area contributed by atoms with Crippen molar-refractivity contribution in [2.24, 2.45) is 11.7 Å². The van der Waals surface area contributed by atoms with Gasteiger partial charge < -0.3 is 15.6 Å². The minimum Gasteiger partial charge on any atom is -0.347 e. The number of hydrogen-bond acceptors (Lipinski definition) is 4. The molecule has 0 spiro atoms. The molecule has 5 nitrogen and oxygen atoms in total. The summed E-state index contributed by atoms with van der Waals surface area (Å²) in [4.78, 5) is 16.6. The van der Waals surface area contributed by atoms with Crippen molar-refractivity contribution in [1.82, 2.24) is 9.55 Å². The Morgan fingerprint density at radius 3 is 2.96 bits per heavy atom. The number of anilines is 1. The lowest BCUT2D eigenvalue weighted by Crippen LogP contribution is -2.12.